The molecule has 1 rings (SSSR count). The average Bonchev–Trinajstić information content (AvgIpc) is 1.77. The summed E-state index contributed by atoms with van der Waals surface area (Å²) in [6, 6.07) is 0. The smallest absolute Gasteiger partial charge is 0.144 e. The summed E-state index contributed by atoms with van der Waals surface area (Å²) in [5.41, 5.74) is -0.0535. The molecule has 1 unspecified atom stereocenters. The zero-order valence-electron chi connectivity index (χ0n) is 7.52. The van der Waals surface area contributed by atoms with E-state index in [4.69, 9.17) is 4.52 Å². The highest BCUT2D eigenvalue weighted by molar-refractivity contribution is 7.46. The Morgan fingerprint density at radius 2 is 1.91 bits per heavy atom. The molecule has 11 heavy (non-hydrogen) atoms. The van der Waals surface area contributed by atoms with Crippen LogP contribution in [0.3, 0.4) is 0 Å². The Bertz CT molecular complexity index is 159. The van der Waals surface area contributed by atoms with Crippen molar-refractivity contribution >= 4 is 8.38 Å². The van der Waals surface area contributed by atoms with Crippen LogP contribution in [0.25, 0.3) is 0 Å². The first-order chi connectivity index (χ1) is 4.83. The van der Waals surface area contributed by atoms with E-state index in [1.807, 2.05) is 27.7 Å². The Morgan fingerprint density at radius 1 is 1.36 bits per heavy atom. The monoisotopic (exact) mass is 177 g/mol. The van der Waals surface area contributed by atoms with Crippen LogP contribution in [-0.2, 0) is 4.52 Å². The van der Waals surface area contributed by atoms with Crippen molar-refractivity contribution in [2.75, 3.05) is 6.61 Å². The third-order valence-corrected chi connectivity index (χ3v) is 3.28. The van der Waals surface area contributed by atoms with E-state index in [1.165, 1.54) is 0 Å². The van der Waals surface area contributed by atoms with E-state index >= 15 is 0 Å². The van der Waals surface area contributed by atoms with E-state index in [9.17, 15) is 4.89 Å². The van der Waals surface area contributed by atoms with Crippen LogP contribution in [0.15, 0.2) is 0 Å². The molecule has 0 aromatic carbocycles. The zero-order chi connectivity index (χ0) is 8.70. The molecule has 3 nitrogen and oxygen atoms in total. The molecule has 0 radical (unpaired) electrons. The molecule has 0 aromatic rings. The minimum Gasteiger partial charge on any atom is -0.656 e. The first kappa shape index (κ1) is 9.40. The molecule has 0 aromatic heterocycles. The summed E-state index contributed by atoms with van der Waals surface area (Å²) >= 11 is 0. The highest BCUT2D eigenvalue weighted by Crippen LogP contribution is 2.45. The summed E-state index contributed by atoms with van der Waals surface area (Å²) < 4.78 is 5.19. The molecule has 0 amide bonds. The Balaban J connectivity index is 2.67. The van der Waals surface area contributed by atoms with Crippen molar-refractivity contribution in [1.82, 2.24) is 5.32 Å². The predicted octanol–water partition coefficient (Wildman–Crippen LogP) is 0.525. The van der Waals surface area contributed by atoms with E-state index in [-0.39, 0.29) is 10.8 Å². The molecule has 66 valence electrons. The number of hydrogen-bond acceptors (Lipinski definition) is 3. The second kappa shape index (κ2) is 2.67. The molecule has 0 spiro atoms. The summed E-state index contributed by atoms with van der Waals surface area (Å²) in [5.74, 6) is 0. The van der Waals surface area contributed by atoms with Crippen LogP contribution in [0.1, 0.15) is 27.7 Å². The quantitative estimate of drug-likeness (QED) is 0.549. The molecule has 1 saturated heterocycles. The summed E-state index contributed by atoms with van der Waals surface area (Å²) in [6.07, 6.45) is 0. The standard InChI is InChI=1S/C7H16NO2P/c1-6(2)5-10-11(9)7(3,4)8-6/h8,11H,5H2,1-4H3. The molecule has 1 atom stereocenters. The van der Waals surface area contributed by atoms with Gasteiger partial charge >= 0.3 is 0 Å². The van der Waals surface area contributed by atoms with Crippen LogP contribution in [-0.4, -0.2) is 17.4 Å². The van der Waals surface area contributed by atoms with Gasteiger partial charge in [0, 0.05) is 5.54 Å². The zero-order valence-corrected chi connectivity index (χ0v) is 8.52. The van der Waals surface area contributed by atoms with E-state index in [0.29, 0.717) is 6.61 Å². The van der Waals surface area contributed by atoms with Gasteiger partial charge < -0.3 is 4.89 Å². The van der Waals surface area contributed by atoms with Crippen LogP contribution in [0.5, 0.6) is 0 Å². The lowest BCUT2D eigenvalue weighted by atomic mass is 10.1. The molecule has 0 saturated carbocycles. The van der Waals surface area contributed by atoms with Gasteiger partial charge in [0.2, 0.25) is 0 Å². The minimum absolute atomic E-state index is 0.0535. The van der Waals surface area contributed by atoms with E-state index in [0.717, 1.165) is 0 Å². The number of hydrogen-bond donors (Lipinski definition) is 1. The summed E-state index contributed by atoms with van der Waals surface area (Å²) in [4.78, 5) is 11.3. The van der Waals surface area contributed by atoms with Gasteiger partial charge in [-0.25, -0.2) is 4.52 Å². The molecule has 0 aliphatic carbocycles. The van der Waals surface area contributed by atoms with Gasteiger partial charge in [-0.1, -0.05) is 0 Å². The van der Waals surface area contributed by atoms with Crippen molar-refractivity contribution in [3.8, 4) is 0 Å². The lowest BCUT2D eigenvalue weighted by molar-refractivity contribution is -0.193. The highest BCUT2D eigenvalue weighted by Gasteiger charge is 2.41. The number of rotatable bonds is 0. The van der Waals surface area contributed by atoms with E-state index < -0.39 is 8.38 Å². The average molecular weight is 177 g/mol. The largest absolute Gasteiger partial charge is 0.656 e. The Labute approximate surface area is 69.1 Å². The second-order valence-corrected chi connectivity index (χ2v) is 6.32. The highest BCUT2D eigenvalue weighted by atomic mass is 31.2. The SMILES string of the molecule is CC1(C)CO[PH+]([O-])C(C)(C)N1. The molecule has 1 N–H and O–H groups in total. The van der Waals surface area contributed by atoms with Crippen molar-refractivity contribution in [3.63, 3.8) is 0 Å². The van der Waals surface area contributed by atoms with Gasteiger partial charge in [-0.2, -0.15) is 0 Å². The molecule has 1 aliphatic heterocycles. The van der Waals surface area contributed by atoms with E-state index in [2.05, 4.69) is 5.32 Å². The molecule has 4 heteroatoms. The summed E-state index contributed by atoms with van der Waals surface area (Å²) in [5, 5.41) is 2.93. The van der Waals surface area contributed by atoms with Crippen molar-refractivity contribution < 1.29 is 9.42 Å². The second-order valence-electron chi connectivity index (χ2n) is 4.21. The maximum atomic E-state index is 11.3. The molecule has 1 aliphatic rings. The fourth-order valence-corrected chi connectivity index (χ4v) is 2.65. The lowest BCUT2D eigenvalue weighted by Crippen LogP contribution is -2.58. The molecule has 1 heterocycles. The molecular formula is C7H16NO2P. The molecule has 1 fully saturated rings. The van der Waals surface area contributed by atoms with Crippen LogP contribution in [0.4, 0.5) is 0 Å². The van der Waals surface area contributed by atoms with Gasteiger partial charge in [0.25, 0.3) is 0 Å². The topological polar surface area (TPSA) is 44.3 Å². The van der Waals surface area contributed by atoms with Crippen molar-refractivity contribution in [2.45, 2.75) is 38.5 Å². The first-order valence-corrected chi connectivity index (χ1v) is 5.12. The van der Waals surface area contributed by atoms with Crippen LogP contribution < -0.4 is 10.2 Å². The maximum absolute atomic E-state index is 11.3. The van der Waals surface area contributed by atoms with Gasteiger partial charge in [-0.15, -0.1) is 0 Å². The number of nitrogens with one attached hydrogen (secondary N) is 1. The van der Waals surface area contributed by atoms with Crippen molar-refractivity contribution in [3.05, 3.63) is 0 Å². The summed E-state index contributed by atoms with van der Waals surface area (Å²) in [6.45, 7) is 8.45. The third kappa shape index (κ3) is 2.12. The Morgan fingerprint density at radius 3 is 2.27 bits per heavy atom. The minimum atomic E-state index is -1.90. The predicted molar refractivity (Wildman–Crippen MR) is 45.6 cm³/mol. The van der Waals surface area contributed by atoms with Crippen LogP contribution >= 0.6 is 8.38 Å². The van der Waals surface area contributed by atoms with Gasteiger partial charge in [-0.3, -0.25) is 5.32 Å². The first-order valence-electron chi connectivity index (χ1n) is 3.80. The fraction of sp³-hybridized carbons (Fsp3) is 1.00. The van der Waals surface area contributed by atoms with E-state index in [1.54, 1.807) is 0 Å². The Kier molecular flexibility index (Phi) is 2.28. The maximum Gasteiger partial charge on any atom is 0.144 e. The molecule has 0 bridgehead atoms. The Hall–Kier alpha value is 0.310. The molecular weight excluding hydrogens is 161 g/mol. The van der Waals surface area contributed by atoms with Crippen LogP contribution in [0.2, 0.25) is 0 Å². The fourth-order valence-electron chi connectivity index (χ4n) is 1.36. The summed E-state index contributed by atoms with van der Waals surface area (Å²) in [7, 11) is -1.90. The van der Waals surface area contributed by atoms with Gasteiger partial charge in [0.05, 0.1) is 0 Å². The normalized spacial score (nSPS) is 35.2. The van der Waals surface area contributed by atoms with Crippen molar-refractivity contribution in [2.24, 2.45) is 0 Å². The third-order valence-electron chi connectivity index (χ3n) is 1.73. The van der Waals surface area contributed by atoms with Gasteiger partial charge in [-0.05, 0) is 27.7 Å². The van der Waals surface area contributed by atoms with Gasteiger partial charge in [0.15, 0.2) is 0 Å². The van der Waals surface area contributed by atoms with Gasteiger partial charge in [0.1, 0.15) is 20.3 Å². The lowest BCUT2D eigenvalue weighted by Gasteiger charge is -2.43. The van der Waals surface area contributed by atoms with Crippen LogP contribution in [0, 0.1) is 0 Å². The van der Waals surface area contributed by atoms with Crippen molar-refractivity contribution in [1.29, 1.82) is 0 Å².